The monoisotopic (exact) mass is 452 g/mol. The Hall–Kier alpha value is -3.16. The van der Waals surface area contributed by atoms with Gasteiger partial charge < -0.3 is 9.64 Å². The Balaban J connectivity index is 1.36. The number of carbonyl (C=O) groups excluding carboxylic acids is 2. The van der Waals surface area contributed by atoms with Gasteiger partial charge in [0.15, 0.2) is 5.78 Å². The van der Waals surface area contributed by atoms with Gasteiger partial charge in [0.25, 0.3) is 0 Å². The largest absolute Gasteiger partial charge is 0.457 e. The smallest absolute Gasteiger partial charge is 0.344 e. The van der Waals surface area contributed by atoms with Gasteiger partial charge in [-0.25, -0.2) is 4.79 Å². The van der Waals surface area contributed by atoms with E-state index in [9.17, 15) is 9.59 Å². The number of nitrogens with zero attached hydrogens (tertiary/aromatic N) is 4. The van der Waals surface area contributed by atoms with Crippen molar-refractivity contribution in [3.63, 3.8) is 0 Å². The van der Waals surface area contributed by atoms with Crippen molar-refractivity contribution in [2.45, 2.75) is 26.4 Å². The molecule has 3 aromatic rings. The van der Waals surface area contributed by atoms with Gasteiger partial charge in [0.2, 0.25) is 0 Å². The number of hydrogen-bond donors (Lipinski definition) is 0. The highest BCUT2D eigenvalue weighted by molar-refractivity contribution is 6.30. The van der Waals surface area contributed by atoms with Crippen LogP contribution >= 0.6 is 11.6 Å². The molecule has 1 saturated heterocycles. The summed E-state index contributed by atoms with van der Waals surface area (Å²) in [4.78, 5) is 28.4. The van der Waals surface area contributed by atoms with Crippen molar-refractivity contribution in [1.82, 2.24) is 19.6 Å². The minimum atomic E-state index is -0.206. The molecule has 1 atom stereocenters. The SMILES string of the molecule is CC(=O)c1ccn(C(=O)N2CCN(Cc3cccc(Oc4ccc(Cl)cc4)c3)C[C@H]2C)n1. The standard InChI is InChI=1S/C24H25ClN4O3/c1-17-15-27(12-13-28(17)24(31)29-11-10-23(26-29)18(2)30)16-19-4-3-5-22(14-19)32-21-8-6-20(25)7-9-21/h3-11,14,17H,12-13,15-16H2,1-2H3/t17-/m1/s1. The van der Waals surface area contributed by atoms with Crippen LogP contribution in [0.2, 0.25) is 5.02 Å². The molecule has 1 aliphatic rings. The van der Waals surface area contributed by atoms with E-state index in [1.54, 1.807) is 29.3 Å². The van der Waals surface area contributed by atoms with Gasteiger partial charge in [-0.05, 0) is 55.0 Å². The molecule has 166 valence electrons. The number of amides is 1. The quantitative estimate of drug-likeness (QED) is 0.524. The first-order valence-corrected chi connectivity index (χ1v) is 10.9. The Morgan fingerprint density at radius 1 is 1.09 bits per heavy atom. The van der Waals surface area contributed by atoms with Crippen LogP contribution in [0.15, 0.2) is 60.8 Å². The lowest BCUT2D eigenvalue weighted by molar-refractivity contribution is 0.0964. The second kappa shape index (κ2) is 9.54. The summed E-state index contributed by atoms with van der Waals surface area (Å²) < 4.78 is 7.19. The fraction of sp³-hybridized carbons (Fsp3) is 0.292. The van der Waals surface area contributed by atoms with E-state index in [0.717, 1.165) is 36.7 Å². The predicted molar refractivity (Wildman–Crippen MR) is 122 cm³/mol. The molecule has 2 heterocycles. The minimum absolute atomic E-state index is 0.0229. The van der Waals surface area contributed by atoms with Crippen molar-refractivity contribution in [1.29, 1.82) is 0 Å². The summed E-state index contributed by atoms with van der Waals surface area (Å²) >= 11 is 5.93. The van der Waals surface area contributed by atoms with E-state index in [1.165, 1.54) is 11.6 Å². The van der Waals surface area contributed by atoms with Crippen molar-refractivity contribution >= 4 is 23.4 Å². The normalized spacial score (nSPS) is 16.7. The van der Waals surface area contributed by atoms with Crippen LogP contribution < -0.4 is 4.74 Å². The zero-order valence-corrected chi connectivity index (χ0v) is 18.8. The summed E-state index contributed by atoms with van der Waals surface area (Å²) in [6.07, 6.45) is 1.55. The highest BCUT2D eigenvalue weighted by atomic mass is 35.5. The van der Waals surface area contributed by atoms with Gasteiger partial charge in [-0.1, -0.05) is 23.7 Å². The van der Waals surface area contributed by atoms with E-state index >= 15 is 0 Å². The summed E-state index contributed by atoms with van der Waals surface area (Å²) in [5.41, 5.74) is 1.44. The van der Waals surface area contributed by atoms with E-state index in [4.69, 9.17) is 16.3 Å². The second-order valence-electron chi connectivity index (χ2n) is 7.97. The van der Waals surface area contributed by atoms with Gasteiger partial charge >= 0.3 is 6.03 Å². The zero-order valence-electron chi connectivity index (χ0n) is 18.1. The van der Waals surface area contributed by atoms with E-state index in [2.05, 4.69) is 16.1 Å². The van der Waals surface area contributed by atoms with Crippen molar-refractivity contribution in [3.8, 4) is 11.5 Å². The fourth-order valence-corrected chi connectivity index (χ4v) is 3.94. The third-order valence-corrected chi connectivity index (χ3v) is 5.71. The molecule has 1 aromatic heterocycles. The zero-order chi connectivity index (χ0) is 22.7. The summed E-state index contributed by atoms with van der Waals surface area (Å²) in [6.45, 7) is 6.32. The molecule has 0 spiro atoms. The topological polar surface area (TPSA) is 67.7 Å². The molecule has 2 aromatic carbocycles. The predicted octanol–water partition coefficient (Wildman–Crippen LogP) is 4.71. The van der Waals surface area contributed by atoms with Crippen LogP contribution in [0.1, 0.15) is 29.9 Å². The number of halogens is 1. The fourth-order valence-electron chi connectivity index (χ4n) is 3.81. The van der Waals surface area contributed by atoms with Crippen molar-refractivity contribution < 1.29 is 14.3 Å². The number of ether oxygens (including phenoxy) is 1. The molecule has 1 amide bonds. The lowest BCUT2D eigenvalue weighted by atomic mass is 10.1. The van der Waals surface area contributed by atoms with E-state index in [-0.39, 0.29) is 17.9 Å². The van der Waals surface area contributed by atoms with Gasteiger partial charge in [0.05, 0.1) is 0 Å². The maximum atomic E-state index is 12.8. The molecule has 4 rings (SSSR count). The first-order chi connectivity index (χ1) is 15.4. The summed E-state index contributed by atoms with van der Waals surface area (Å²) in [7, 11) is 0. The molecule has 1 fully saturated rings. The second-order valence-corrected chi connectivity index (χ2v) is 8.40. The van der Waals surface area contributed by atoms with Crippen LogP contribution in [0.4, 0.5) is 4.79 Å². The molecule has 0 N–H and O–H groups in total. The van der Waals surface area contributed by atoms with Crippen LogP contribution in [0, 0.1) is 0 Å². The Morgan fingerprint density at radius 2 is 1.88 bits per heavy atom. The van der Waals surface area contributed by atoms with Gasteiger partial charge in [-0.15, -0.1) is 0 Å². The Labute approximate surface area is 192 Å². The first-order valence-electron chi connectivity index (χ1n) is 10.5. The Bertz CT molecular complexity index is 1110. The average molecular weight is 453 g/mol. The highest BCUT2D eigenvalue weighted by Gasteiger charge is 2.29. The molecule has 1 aliphatic heterocycles. The number of aromatic nitrogens is 2. The van der Waals surface area contributed by atoms with Crippen LogP contribution in [-0.2, 0) is 6.54 Å². The molecule has 0 saturated carbocycles. The molecule has 0 aliphatic carbocycles. The maximum Gasteiger partial charge on any atom is 0.344 e. The van der Waals surface area contributed by atoms with Crippen LogP contribution in [-0.4, -0.2) is 57.1 Å². The van der Waals surface area contributed by atoms with Crippen LogP contribution in [0.3, 0.4) is 0 Å². The number of ketones is 1. The summed E-state index contributed by atoms with van der Waals surface area (Å²) in [6, 6.07) is 16.7. The number of benzene rings is 2. The Kier molecular flexibility index (Phi) is 6.58. The summed E-state index contributed by atoms with van der Waals surface area (Å²) in [5.74, 6) is 1.35. The average Bonchev–Trinajstić information content (AvgIpc) is 3.26. The molecule has 0 radical (unpaired) electrons. The maximum absolute atomic E-state index is 12.8. The van der Waals surface area contributed by atoms with Crippen molar-refractivity contribution in [2.75, 3.05) is 19.6 Å². The molecule has 8 heteroatoms. The third kappa shape index (κ3) is 5.18. The molecule has 32 heavy (non-hydrogen) atoms. The van der Waals surface area contributed by atoms with Gasteiger partial charge in [-0.2, -0.15) is 9.78 Å². The van der Waals surface area contributed by atoms with Crippen LogP contribution in [0.5, 0.6) is 11.5 Å². The van der Waals surface area contributed by atoms with Gasteiger partial charge in [0.1, 0.15) is 17.2 Å². The Morgan fingerprint density at radius 3 is 2.56 bits per heavy atom. The molecular formula is C24H25ClN4O3. The van der Waals surface area contributed by atoms with Crippen molar-refractivity contribution in [2.24, 2.45) is 0 Å². The third-order valence-electron chi connectivity index (χ3n) is 5.46. The van der Waals surface area contributed by atoms with Gasteiger partial charge in [0, 0.05) is 50.4 Å². The van der Waals surface area contributed by atoms with Gasteiger partial charge in [-0.3, -0.25) is 9.69 Å². The number of carbonyl (C=O) groups is 2. The minimum Gasteiger partial charge on any atom is -0.457 e. The number of rotatable bonds is 5. The van der Waals surface area contributed by atoms with E-state index in [0.29, 0.717) is 17.3 Å². The lowest BCUT2D eigenvalue weighted by Gasteiger charge is -2.39. The molecular weight excluding hydrogens is 428 g/mol. The summed E-state index contributed by atoms with van der Waals surface area (Å²) in [5, 5.41) is 4.77. The highest BCUT2D eigenvalue weighted by Crippen LogP contribution is 2.24. The van der Waals surface area contributed by atoms with E-state index in [1.807, 2.05) is 37.3 Å². The molecule has 0 bridgehead atoms. The van der Waals surface area contributed by atoms with Crippen LogP contribution in [0.25, 0.3) is 0 Å². The lowest BCUT2D eigenvalue weighted by Crippen LogP contribution is -2.54. The molecule has 0 unspecified atom stereocenters. The number of Topliss-reactive ketones (excluding diaryl/α,β-unsaturated/α-hetero) is 1. The van der Waals surface area contributed by atoms with E-state index < -0.39 is 0 Å². The molecule has 7 nitrogen and oxygen atoms in total. The number of hydrogen-bond acceptors (Lipinski definition) is 5. The number of piperazine rings is 1. The van der Waals surface area contributed by atoms with Crippen molar-refractivity contribution in [3.05, 3.63) is 77.1 Å². The first kappa shape index (κ1) is 22.0.